The van der Waals surface area contributed by atoms with E-state index in [4.69, 9.17) is 0 Å². The summed E-state index contributed by atoms with van der Waals surface area (Å²) in [5, 5.41) is 6.31. The van der Waals surface area contributed by atoms with Gasteiger partial charge in [-0.05, 0) is 65.7 Å². The summed E-state index contributed by atoms with van der Waals surface area (Å²) in [6.45, 7) is 1.20. The number of para-hydroxylation sites is 1. The standard InChI is InChI=1S/C30H31N5O2/c1-34(2)30(37)24-17-23(18-25(19-24)33-29(36)28-11-7-8-16-32-28)21-31-20-22-12-14-27(15-13-22)35(3)26-9-5-4-6-10-26/h4-19,31H,20-21H2,1-3H3,(H,33,36). The van der Waals surface area contributed by atoms with Gasteiger partial charge in [-0.2, -0.15) is 0 Å². The molecule has 2 N–H and O–H groups in total. The molecule has 0 bridgehead atoms. The van der Waals surface area contributed by atoms with E-state index in [0.29, 0.717) is 30.0 Å². The highest BCUT2D eigenvalue weighted by atomic mass is 16.2. The number of rotatable bonds is 9. The summed E-state index contributed by atoms with van der Waals surface area (Å²) in [6.07, 6.45) is 1.57. The van der Waals surface area contributed by atoms with Crippen LogP contribution in [-0.2, 0) is 13.1 Å². The van der Waals surface area contributed by atoms with E-state index in [-0.39, 0.29) is 11.8 Å². The van der Waals surface area contributed by atoms with Gasteiger partial charge in [-0.1, -0.05) is 36.4 Å². The Balaban J connectivity index is 1.43. The number of amides is 2. The molecule has 0 aliphatic heterocycles. The monoisotopic (exact) mass is 493 g/mol. The molecule has 7 nitrogen and oxygen atoms in total. The van der Waals surface area contributed by atoms with Crippen LogP contribution in [0.5, 0.6) is 0 Å². The second-order valence-electron chi connectivity index (χ2n) is 8.95. The molecule has 0 unspecified atom stereocenters. The van der Waals surface area contributed by atoms with Gasteiger partial charge in [0.15, 0.2) is 0 Å². The second-order valence-corrected chi connectivity index (χ2v) is 8.95. The lowest BCUT2D eigenvalue weighted by molar-refractivity contribution is 0.0827. The fourth-order valence-corrected chi connectivity index (χ4v) is 3.93. The van der Waals surface area contributed by atoms with Gasteiger partial charge < -0.3 is 20.4 Å². The van der Waals surface area contributed by atoms with Crippen molar-refractivity contribution in [2.75, 3.05) is 31.4 Å². The van der Waals surface area contributed by atoms with Gasteiger partial charge in [-0.25, -0.2) is 0 Å². The van der Waals surface area contributed by atoms with Crippen LogP contribution in [0, 0.1) is 0 Å². The maximum atomic E-state index is 12.7. The molecule has 2 amide bonds. The highest BCUT2D eigenvalue weighted by molar-refractivity contribution is 6.04. The van der Waals surface area contributed by atoms with Crippen molar-refractivity contribution in [3.8, 4) is 0 Å². The van der Waals surface area contributed by atoms with Crippen molar-refractivity contribution < 1.29 is 9.59 Å². The van der Waals surface area contributed by atoms with E-state index >= 15 is 0 Å². The minimum absolute atomic E-state index is 0.131. The molecule has 0 aliphatic carbocycles. The van der Waals surface area contributed by atoms with Gasteiger partial charge in [0.1, 0.15) is 5.69 Å². The van der Waals surface area contributed by atoms with Gasteiger partial charge in [0.2, 0.25) is 0 Å². The SMILES string of the molecule is CN(C)C(=O)c1cc(CNCc2ccc(N(C)c3ccccc3)cc2)cc(NC(=O)c2ccccn2)c1. The van der Waals surface area contributed by atoms with Crippen LogP contribution in [0.2, 0.25) is 0 Å². The van der Waals surface area contributed by atoms with Crippen LogP contribution in [0.4, 0.5) is 17.1 Å². The molecule has 4 aromatic rings. The number of carbonyl (C=O) groups is 2. The Hall–Kier alpha value is -4.49. The lowest BCUT2D eigenvalue weighted by Crippen LogP contribution is -2.23. The Labute approximate surface area is 217 Å². The summed E-state index contributed by atoms with van der Waals surface area (Å²) in [7, 11) is 5.46. The number of hydrogen-bond donors (Lipinski definition) is 2. The molecule has 7 heteroatoms. The van der Waals surface area contributed by atoms with Crippen LogP contribution < -0.4 is 15.5 Å². The third-order valence-electron chi connectivity index (χ3n) is 5.93. The minimum Gasteiger partial charge on any atom is -0.345 e. The molecule has 1 heterocycles. The Morgan fingerprint density at radius 2 is 1.43 bits per heavy atom. The van der Waals surface area contributed by atoms with Crippen molar-refractivity contribution in [1.82, 2.24) is 15.2 Å². The van der Waals surface area contributed by atoms with Gasteiger partial charge in [0, 0.05) is 63.1 Å². The van der Waals surface area contributed by atoms with Crippen molar-refractivity contribution in [2.24, 2.45) is 0 Å². The van der Waals surface area contributed by atoms with Gasteiger partial charge in [-0.3, -0.25) is 14.6 Å². The second kappa shape index (κ2) is 12.0. The number of pyridine rings is 1. The number of hydrogen-bond acceptors (Lipinski definition) is 5. The van der Waals surface area contributed by atoms with Gasteiger partial charge >= 0.3 is 0 Å². The van der Waals surface area contributed by atoms with E-state index in [1.807, 2.05) is 30.3 Å². The summed E-state index contributed by atoms with van der Waals surface area (Å²) >= 11 is 0. The largest absolute Gasteiger partial charge is 0.345 e. The zero-order valence-electron chi connectivity index (χ0n) is 21.3. The van der Waals surface area contributed by atoms with Crippen LogP contribution in [-0.4, -0.2) is 42.8 Å². The van der Waals surface area contributed by atoms with Gasteiger partial charge in [0.05, 0.1) is 0 Å². The number of carbonyl (C=O) groups excluding carboxylic acids is 2. The molecule has 0 saturated heterocycles. The Bertz CT molecular complexity index is 1340. The topological polar surface area (TPSA) is 77.6 Å². The quantitative estimate of drug-likeness (QED) is 0.340. The smallest absolute Gasteiger partial charge is 0.274 e. The predicted molar refractivity (Wildman–Crippen MR) is 148 cm³/mol. The Kier molecular flexibility index (Phi) is 8.28. The van der Waals surface area contributed by atoms with Gasteiger partial charge in [-0.15, -0.1) is 0 Å². The molecule has 0 radical (unpaired) electrons. The highest BCUT2D eigenvalue weighted by Gasteiger charge is 2.13. The highest BCUT2D eigenvalue weighted by Crippen LogP contribution is 2.23. The van der Waals surface area contributed by atoms with E-state index in [1.165, 1.54) is 4.90 Å². The maximum absolute atomic E-state index is 12.7. The Morgan fingerprint density at radius 3 is 2.11 bits per heavy atom. The number of benzene rings is 3. The molecule has 0 aliphatic rings. The van der Waals surface area contributed by atoms with Crippen LogP contribution in [0.1, 0.15) is 32.0 Å². The lowest BCUT2D eigenvalue weighted by atomic mass is 10.1. The van der Waals surface area contributed by atoms with E-state index in [9.17, 15) is 9.59 Å². The molecule has 1 aromatic heterocycles. The summed E-state index contributed by atoms with van der Waals surface area (Å²) in [5.74, 6) is -0.456. The molecular formula is C30H31N5O2. The van der Waals surface area contributed by atoms with Crippen LogP contribution in [0.25, 0.3) is 0 Å². The first-order valence-corrected chi connectivity index (χ1v) is 12.1. The summed E-state index contributed by atoms with van der Waals surface area (Å²) < 4.78 is 0. The van der Waals surface area contributed by atoms with Crippen LogP contribution in [0.15, 0.2) is 97.2 Å². The summed E-state index contributed by atoms with van der Waals surface area (Å²) in [4.78, 5) is 33.0. The fourth-order valence-electron chi connectivity index (χ4n) is 3.93. The van der Waals surface area contributed by atoms with E-state index in [2.05, 4.69) is 64.0 Å². The number of nitrogens with zero attached hydrogens (tertiary/aromatic N) is 3. The number of aromatic nitrogens is 1. The first kappa shape index (κ1) is 25.6. The van der Waals surface area contributed by atoms with E-state index in [1.54, 1.807) is 44.6 Å². The molecule has 3 aromatic carbocycles. The molecule has 188 valence electrons. The van der Waals surface area contributed by atoms with Crippen LogP contribution >= 0.6 is 0 Å². The maximum Gasteiger partial charge on any atom is 0.274 e. The first-order chi connectivity index (χ1) is 17.9. The van der Waals surface area contributed by atoms with E-state index < -0.39 is 0 Å². The molecule has 0 saturated carbocycles. The van der Waals surface area contributed by atoms with Crippen molar-refractivity contribution >= 4 is 28.9 Å². The zero-order chi connectivity index (χ0) is 26.2. The molecule has 0 atom stereocenters. The molecule has 0 spiro atoms. The van der Waals surface area contributed by atoms with Crippen molar-refractivity contribution in [1.29, 1.82) is 0 Å². The van der Waals surface area contributed by atoms with Gasteiger partial charge in [0.25, 0.3) is 11.8 Å². The minimum atomic E-state index is -0.325. The molecular weight excluding hydrogens is 462 g/mol. The van der Waals surface area contributed by atoms with Crippen molar-refractivity contribution in [3.63, 3.8) is 0 Å². The Morgan fingerprint density at radius 1 is 0.757 bits per heavy atom. The average Bonchev–Trinajstić information content (AvgIpc) is 2.93. The summed E-state index contributed by atoms with van der Waals surface area (Å²) in [5.41, 5.74) is 5.65. The van der Waals surface area contributed by atoms with Crippen molar-refractivity contribution in [2.45, 2.75) is 13.1 Å². The third kappa shape index (κ3) is 6.80. The number of nitrogens with one attached hydrogen (secondary N) is 2. The average molecular weight is 494 g/mol. The molecule has 0 fully saturated rings. The number of anilines is 3. The fraction of sp³-hybridized carbons (Fsp3) is 0.167. The third-order valence-corrected chi connectivity index (χ3v) is 5.93. The zero-order valence-corrected chi connectivity index (χ0v) is 21.3. The van der Waals surface area contributed by atoms with Crippen molar-refractivity contribution in [3.05, 3.63) is 120 Å². The first-order valence-electron chi connectivity index (χ1n) is 12.1. The predicted octanol–water partition coefficient (Wildman–Crippen LogP) is 5.09. The summed E-state index contributed by atoms with van der Waals surface area (Å²) in [6, 6.07) is 29.2. The molecule has 37 heavy (non-hydrogen) atoms. The normalized spacial score (nSPS) is 10.6. The van der Waals surface area contributed by atoms with Crippen LogP contribution in [0.3, 0.4) is 0 Å². The molecule has 4 rings (SSSR count). The lowest BCUT2D eigenvalue weighted by Gasteiger charge is -2.19. The van der Waals surface area contributed by atoms with E-state index in [0.717, 1.165) is 22.5 Å².